The number of nitrogens with zero attached hydrogens (tertiary/aromatic N) is 2. The lowest BCUT2D eigenvalue weighted by Crippen LogP contribution is -2.58. The number of hydrogen-bond acceptors (Lipinski definition) is 8. The highest BCUT2D eigenvalue weighted by molar-refractivity contribution is 6.27. The van der Waals surface area contributed by atoms with Crippen LogP contribution in [0.2, 0.25) is 0 Å². The van der Waals surface area contributed by atoms with Crippen LogP contribution in [0.25, 0.3) is 10.9 Å². The first-order chi connectivity index (χ1) is 19.2. The van der Waals surface area contributed by atoms with Crippen LogP contribution in [0.4, 0.5) is 16.2 Å². The van der Waals surface area contributed by atoms with Gasteiger partial charge in [-0.25, -0.2) is 14.4 Å². The average molecular weight is 554 g/mol. The summed E-state index contributed by atoms with van der Waals surface area (Å²) in [5, 5.41) is 34.6. The van der Waals surface area contributed by atoms with Gasteiger partial charge in [0.1, 0.15) is 5.75 Å². The van der Waals surface area contributed by atoms with Gasteiger partial charge in [0.15, 0.2) is 0 Å². The van der Waals surface area contributed by atoms with E-state index in [-0.39, 0.29) is 25.1 Å². The van der Waals surface area contributed by atoms with Crippen molar-refractivity contribution in [2.24, 2.45) is 0 Å². The van der Waals surface area contributed by atoms with Gasteiger partial charge in [-0.3, -0.25) is 9.78 Å². The van der Waals surface area contributed by atoms with Gasteiger partial charge in [0.2, 0.25) is 5.91 Å². The van der Waals surface area contributed by atoms with E-state index in [1.165, 1.54) is 0 Å². The monoisotopic (exact) mass is 553 g/mol. The Kier molecular flexibility index (Phi) is 10.3. The third kappa shape index (κ3) is 8.12. The number of fused-ring (bicyclic) bond motifs is 1. The molecule has 6 N–H and O–H groups in total. The lowest BCUT2D eigenvalue weighted by molar-refractivity contribution is -0.159. The molecule has 1 aromatic heterocycles. The van der Waals surface area contributed by atoms with Crippen LogP contribution in [0.1, 0.15) is 12.8 Å². The molecule has 0 saturated carbocycles. The van der Waals surface area contributed by atoms with Crippen molar-refractivity contribution in [2.45, 2.75) is 18.4 Å². The van der Waals surface area contributed by atoms with Crippen LogP contribution in [0.15, 0.2) is 60.8 Å². The molecule has 1 saturated heterocycles. The number of aromatic nitrogens is 1. The van der Waals surface area contributed by atoms with Crippen molar-refractivity contribution in [1.82, 2.24) is 15.2 Å². The van der Waals surface area contributed by atoms with Crippen LogP contribution in [0.5, 0.6) is 5.75 Å². The van der Waals surface area contributed by atoms with E-state index in [0.29, 0.717) is 37.4 Å². The number of nitrogens with one attached hydrogen (secondary N) is 3. The molecule has 3 aromatic rings. The third-order valence-corrected chi connectivity index (χ3v) is 6.37. The van der Waals surface area contributed by atoms with E-state index in [0.717, 1.165) is 16.6 Å². The zero-order valence-electron chi connectivity index (χ0n) is 21.8. The number of aliphatic carboxylic acids is 2. The summed E-state index contributed by atoms with van der Waals surface area (Å²) in [4.78, 5) is 49.5. The van der Waals surface area contributed by atoms with Crippen molar-refractivity contribution < 1.29 is 39.2 Å². The summed E-state index contributed by atoms with van der Waals surface area (Å²) in [5.41, 5.74) is 1.53. The Morgan fingerprint density at radius 3 is 2.25 bits per heavy atom. The molecule has 0 atom stereocenters. The number of carboxylic acids is 2. The molecule has 0 bridgehead atoms. The summed E-state index contributed by atoms with van der Waals surface area (Å²) in [6.07, 6.45) is 2.71. The average Bonchev–Trinajstić information content (AvgIpc) is 2.97. The highest BCUT2D eigenvalue weighted by atomic mass is 16.5. The molecular formula is C27H31N5O8. The number of urea groups is 1. The van der Waals surface area contributed by atoms with Gasteiger partial charge < -0.3 is 40.9 Å². The summed E-state index contributed by atoms with van der Waals surface area (Å²) in [5.74, 6) is -3.15. The molecule has 0 aliphatic carbocycles. The number of pyridine rings is 1. The second-order valence-corrected chi connectivity index (χ2v) is 8.98. The van der Waals surface area contributed by atoms with E-state index in [2.05, 4.69) is 20.9 Å². The quantitative estimate of drug-likeness (QED) is 0.236. The van der Waals surface area contributed by atoms with Crippen molar-refractivity contribution in [3.8, 4) is 5.75 Å². The molecule has 0 spiro atoms. The number of carbonyl (C=O) groups excluding carboxylic acids is 2. The Morgan fingerprint density at radius 1 is 0.975 bits per heavy atom. The molecular weight excluding hydrogens is 522 g/mol. The van der Waals surface area contributed by atoms with Crippen LogP contribution < -0.4 is 20.7 Å². The molecule has 4 rings (SSSR count). The number of para-hydroxylation sites is 1. The number of aliphatic hydroxyl groups is 1. The van der Waals surface area contributed by atoms with Gasteiger partial charge in [0.05, 0.1) is 31.5 Å². The standard InChI is InChI=1S/C25H29N5O4.C2H2O4/c1-34-19-7-8-21-20(15-19)22(9-12-26-21)29-24(33)30-13-10-25(17-31,11-14-30)27-16-23(32)28-18-5-3-2-4-6-18;3-1(4)2(5)6/h2-9,12,15,27,31H,10-11,13-14,16-17H2,1H3,(H,28,32)(H,26,29,33);(H,3,4)(H,5,6). The van der Waals surface area contributed by atoms with E-state index >= 15 is 0 Å². The fourth-order valence-corrected chi connectivity index (χ4v) is 4.08. The highest BCUT2D eigenvalue weighted by Gasteiger charge is 2.35. The number of piperidine rings is 1. The highest BCUT2D eigenvalue weighted by Crippen LogP contribution is 2.27. The molecule has 0 radical (unpaired) electrons. The number of hydrogen-bond donors (Lipinski definition) is 6. The molecule has 1 aliphatic rings. The molecule has 0 unspecified atom stereocenters. The molecule has 212 valence electrons. The van der Waals surface area contributed by atoms with Crippen molar-refractivity contribution >= 4 is 46.2 Å². The molecule has 1 aliphatic heterocycles. The maximum absolute atomic E-state index is 13.0. The number of carbonyl (C=O) groups is 4. The normalized spacial score (nSPS) is 13.9. The first kappa shape index (κ1) is 29.8. The van der Waals surface area contributed by atoms with Gasteiger partial charge >= 0.3 is 18.0 Å². The van der Waals surface area contributed by atoms with Crippen LogP contribution in [0.3, 0.4) is 0 Å². The van der Waals surface area contributed by atoms with Gasteiger partial charge in [0.25, 0.3) is 0 Å². The van der Waals surface area contributed by atoms with Gasteiger partial charge in [-0.05, 0) is 49.2 Å². The summed E-state index contributed by atoms with van der Waals surface area (Å²) >= 11 is 0. The minimum absolute atomic E-state index is 0.0759. The Bertz CT molecular complexity index is 1330. The van der Waals surface area contributed by atoms with Crippen LogP contribution in [0, 0.1) is 0 Å². The molecule has 1 fully saturated rings. The number of amides is 3. The molecule has 2 heterocycles. The summed E-state index contributed by atoms with van der Waals surface area (Å²) in [6, 6.07) is 16.3. The fourth-order valence-electron chi connectivity index (χ4n) is 4.08. The van der Waals surface area contributed by atoms with Crippen molar-refractivity contribution in [3.05, 3.63) is 60.8 Å². The van der Waals surface area contributed by atoms with Crippen LogP contribution >= 0.6 is 0 Å². The smallest absolute Gasteiger partial charge is 0.414 e. The summed E-state index contributed by atoms with van der Waals surface area (Å²) in [7, 11) is 1.59. The predicted molar refractivity (Wildman–Crippen MR) is 146 cm³/mol. The number of likely N-dealkylation sites (tertiary alicyclic amines) is 1. The van der Waals surface area contributed by atoms with Crippen molar-refractivity contribution in [3.63, 3.8) is 0 Å². The topological polar surface area (TPSA) is 190 Å². The first-order valence-corrected chi connectivity index (χ1v) is 12.3. The molecule has 13 heteroatoms. The Labute approximate surface area is 229 Å². The van der Waals surface area contributed by atoms with Gasteiger partial charge in [-0.2, -0.15) is 0 Å². The Hall–Kier alpha value is -4.75. The van der Waals surface area contributed by atoms with Crippen molar-refractivity contribution in [2.75, 3.05) is 44.0 Å². The van der Waals surface area contributed by atoms with Crippen LogP contribution in [-0.4, -0.2) is 88.0 Å². The largest absolute Gasteiger partial charge is 0.497 e. The van der Waals surface area contributed by atoms with Gasteiger partial charge in [-0.1, -0.05) is 18.2 Å². The molecule has 3 amide bonds. The van der Waals surface area contributed by atoms with Gasteiger partial charge in [0, 0.05) is 35.9 Å². The predicted octanol–water partition coefficient (Wildman–Crippen LogP) is 1.99. The van der Waals surface area contributed by atoms with Crippen molar-refractivity contribution in [1.29, 1.82) is 0 Å². The van der Waals surface area contributed by atoms with E-state index in [1.807, 2.05) is 48.5 Å². The number of aliphatic hydroxyl groups excluding tert-OH is 1. The number of carboxylic acid groups (broad SMARTS) is 2. The zero-order chi connectivity index (χ0) is 29.1. The Balaban J connectivity index is 0.000000663. The van der Waals surface area contributed by atoms with E-state index in [1.54, 1.807) is 24.3 Å². The number of rotatable bonds is 7. The number of methoxy groups -OCH3 is 1. The third-order valence-electron chi connectivity index (χ3n) is 6.37. The summed E-state index contributed by atoms with van der Waals surface area (Å²) < 4.78 is 5.30. The first-order valence-electron chi connectivity index (χ1n) is 12.3. The molecule has 13 nitrogen and oxygen atoms in total. The Morgan fingerprint density at radius 2 is 1.65 bits per heavy atom. The lowest BCUT2D eigenvalue weighted by Gasteiger charge is -2.41. The van der Waals surface area contributed by atoms with E-state index in [4.69, 9.17) is 24.5 Å². The minimum Gasteiger partial charge on any atom is -0.497 e. The minimum atomic E-state index is -1.82. The SMILES string of the molecule is COc1ccc2nccc(NC(=O)N3CCC(CO)(NCC(=O)Nc4ccccc4)CC3)c2c1.O=C(O)C(=O)O. The van der Waals surface area contributed by atoms with E-state index in [9.17, 15) is 14.7 Å². The second-order valence-electron chi connectivity index (χ2n) is 8.98. The zero-order valence-corrected chi connectivity index (χ0v) is 21.8. The number of ether oxygens (including phenoxy) is 1. The number of benzene rings is 2. The summed E-state index contributed by atoms with van der Waals surface area (Å²) in [6.45, 7) is 0.862. The maximum atomic E-state index is 13.0. The van der Waals surface area contributed by atoms with Crippen LogP contribution in [-0.2, 0) is 14.4 Å². The fraction of sp³-hybridized carbons (Fsp3) is 0.296. The van der Waals surface area contributed by atoms with E-state index < -0.39 is 17.5 Å². The lowest BCUT2D eigenvalue weighted by atomic mass is 9.88. The number of anilines is 2. The second kappa shape index (κ2) is 13.9. The molecule has 40 heavy (non-hydrogen) atoms. The maximum Gasteiger partial charge on any atom is 0.414 e. The molecule has 2 aromatic carbocycles. The van der Waals surface area contributed by atoms with Gasteiger partial charge in [-0.15, -0.1) is 0 Å².